The Labute approximate surface area is 120 Å². The van der Waals surface area contributed by atoms with Crippen LogP contribution in [0.4, 0.5) is 13.2 Å². The van der Waals surface area contributed by atoms with E-state index in [0.717, 1.165) is 30.3 Å². The fourth-order valence-electron chi connectivity index (χ4n) is 1.92. The molecule has 0 aliphatic rings. The summed E-state index contributed by atoms with van der Waals surface area (Å²) in [6, 6.07) is 1.94. The number of aromatic carboxylic acids is 1. The Morgan fingerprint density at radius 3 is 2.35 bits per heavy atom. The molecule has 0 saturated heterocycles. The maximum atomic E-state index is 13.1. The van der Waals surface area contributed by atoms with Crippen molar-refractivity contribution in [1.29, 1.82) is 0 Å². The van der Waals surface area contributed by atoms with E-state index in [9.17, 15) is 18.0 Å². The number of thioether (sulfide) groups is 1. The van der Waals surface area contributed by atoms with Gasteiger partial charge in [0.05, 0.1) is 11.1 Å². The Morgan fingerprint density at radius 1 is 1.25 bits per heavy atom. The Balaban J connectivity index is 3.47. The molecule has 0 bridgehead atoms. The molecule has 0 fully saturated rings. The first kappa shape index (κ1) is 16.9. The van der Waals surface area contributed by atoms with Gasteiger partial charge < -0.3 is 5.11 Å². The molecule has 0 aromatic heterocycles. The van der Waals surface area contributed by atoms with Crippen LogP contribution in [-0.2, 0) is 12.6 Å². The molecule has 6 heteroatoms. The van der Waals surface area contributed by atoms with E-state index in [0.29, 0.717) is 24.2 Å². The summed E-state index contributed by atoms with van der Waals surface area (Å²) in [4.78, 5) is 11.3. The Kier molecular flexibility index (Phi) is 5.92. The second kappa shape index (κ2) is 7.02. The fraction of sp³-hybridized carbons (Fsp3) is 0.500. The first-order valence-corrected chi connectivity index (χ1v) is 7.40. The van der Waals surface area contributed by atoms with Crippen molar-refractivity contribution in [2.45, 2.75) is 44.2 Å². The molecule has 2 nitrogen and oxygen atoms in total. The summed E-state index contributed by atoms with van der Waals surface area (Å²) in [7, 11) is 0. The third-order valence-electron chi connectivity index (χ3n) is 2.75. The monoisotopic (exact) mass is 306 g/mol. The van der Waals surface area contributed by atoms with Gasteiger partial charge in [0, 0.05) is 4.90 Å². The lowest BCUT2D eigenvalue weighted by Gasteiger charge is -2.18. The Bertz CT molecular complexity index is 484. The van der Waals surface area contributed by atoms with E-state index in [4.69, 9.17) is 5.11 Å². The highest BCUT2D eigenvalue weighted by atomic mass is 32.2. The summed E-state index contributed by atoms with van der Waals surface area (Å²) in [5.74, 6) is -0.649. The van der Waals surface area contributed by atoms with Crippen LogP contribution < -0.4 is 0 Å². The number of carbonyl (C=O) groups is 1. The SMILES string of the molecule is CCCSc1c(C(F)(F)F)ccc(C(=O)O)c1CCC. The second-order valence-electron chi connectivity index (χ2n) is 4.37. The zero-order valence-corrected chi connectivity index (χ0v) is 12.2. The molecule has 1 aromatic carbocycles. The molecule has 1 aromatic rings. The smallest absolute Gasteiger partial charge is 0.417 e. The van der Waals surface area contributed by atoms with Crippen LogP contribution in [-0.4, -0.2) is 16.8 Å². The van der Waals surface area contributed by atoms with Crippen LogP contribution in [0.1, 0.15) is 48.2 Å². The van der Waals surface area contributed by atoms with Gasteiger partial charge in [-0.25, -0.2) is 4.79 Å². The van der Waals surface area contributed by atoms with Gasteiger partial charge in [0.15, 0.2) is 0 Å². The lowest BCUT2D eigenvalue weighted by molar-refractivity contribution is -0.139. The predicted octanol–water partition coefficient (Wildman–Crippen LogP) is 4.86. The van der Waals surface area contributed by atoms with Crippen LogP contribution >= 0.6 is 11.8 Å². The molecule has 0 heterocycles. The van der Waals surface area contributed by atoms with Gasteiger partial charge >= 0.3 is 12.1 Å². The normalized spacial score (nSPS) is 11.7. The number of hydrogen-bond acceptors (Lipinski definition) is 2. The van der Waals surface area contributed by atoms with Crippen molar-refractivity contribution in [3.8, 4) is 0 Å². The van der Waals surface area contributed by atoms with Gasteiger partial charge in [0.25, 0.3) is 0 Å². The summed E-state index contributed by atoms with van der Waals surface area (Å²) in [5.41, 5.74) is -0.462. The largest absolute Gasteiger partial charge is 0.478 e. The average molecular weight is 306 g/mol. The van der Waals surface area contributed by atoms with E-state index >= 15 is 0 Å². The molecule has 112 valence electrons. The van der Waals surface area contributed by atoms with E-state index in [1.807, 2.05) is 13.8 Å². The van der Waals surface area contributed by atoms with Crippen LogP contribution in [0.25, 0.3) is 0 Å². The summed E-state index contributed by atoms with van der Waals surface area (Å²) in [6.45, 7) is 3.70. The number of hydrogen-bond donors (Lipinski definition) is 1. The highest BCUT2D eigenvalue weighted by molar-refractivity contribution is 7.99. The van der Waals surface area contributed by atoms with Crippen molar-refractivity contribution in [1.82, 2.24) is 0 Å². The highest BCUT2D eigenvalue weighted by Crippen LogP contribution is 2.40. The first-order chi connectivity index (χ1) is 9.32. The van der Waals surface area contributed by atoms with Crippen LogP contribution in [0.15, 0.2) is 17.0 Å². The zero-order chi connectivity index (χ0) is 15.3. The van der Waals surface area contributed by atoms with Crippen molar-refractivity contribution in [2.75, 3.05) is 5.75 Å². The van der Waals surface area contributed by atoms with E-state index in [1.54, 1.807) is 0 Å². The zero-order valence-electron chi connectivity index (χ0n) is 11.4. The van der Waals surface area contributed by atoms with Crippen LogP contribution in [0.2, 0.25) is 0 Å². The molecule has 20 heavy (non-hydrogen) atoms. The molecular weight excluding hydrogens is 289 g/mol. The van der Waals surface area contributed by atoms with Gasteiger partial charge in [0.2, 0.25) is 0 Å². The summed E-state index contributed by atoms with van der Waals surface area (Å²) in [6.07, 6.45) is -2.81. The standard InChI is InChI=1S/C14H17F3O2S/c1-3-5-9-10(13(18)19)6-7-11(14(15,16)17)12(9)20-8-4-2/h6-7H,3-5,8H2,1-2H3,(H,18,19). The fourth-order valence-corrected chi connectivity index (χ4v) is 3.05. The van der Waals surface area contributed by atoms with Gasteiger partial charge in [-0.2, -0.15) is 13.2 Å². The van der Waals surface area contributed by atoms with E-state index in [1.165, 1.54) is 0 Å². The highest BCUT2D eigenvalue weighted by Gasteiger charge is 2.35. The third kappa shape index (κ3) is 3.91. The minimum absolute atomic E-state index is 0.0292. The Morgan fingerprint density at radius 2 is 1.90 bits per heavy atom. The maximum absolute atomic E-state index is 13.1. The number of alkyl halides is 3. The number of carboxylic acids is 1. The van der Waals surface area contributed by atoms with E-state index in [2.05, 4.69) is 0 Å². The Hall–Kier alpha value is -1.17. The number of carboxylic acid groups (broad SMARTS) is 1. The van der Waals surface area contributed by atoms with E-state index < -0.39 is 17.7 Å². The lowest BCUT2D eigenvalue weighted by atomic mass is 9.99. The van der Waals surface area contributed by atoms with E-state index in [-0.39, 0.29) is 10.5 Å². The molecule has 0 aliphatic heterocycles. The molecule has 0 unspecified atom stereocenters. The summed E-state index contributed by atoms with van der Waals surface area (Å²) in [5, 5.41) is 9.15. The van der Waals surface area contributed by atoms with Crippen molar-refractivity contribution in [3.05, 3.63) is 28.8 Å². The molecule has 0 amide bonds. The van der Waals surface area contributed by atoms with Gasteiger partial charge in [-0.1, -0.05) is 20.3 Å². The van der Waals surface area contributed by atoms with Crippen LogP contribution in [0, 0.1) is 0 Å². The van der Waals surface area contributed by atoms with Crippen molar-refractivity contribution < 1.29 is 23.1 Å². The lowest BCUT2D eigenvalue weighted by Crippen LogP contribution is -2.12. The van der Waals surface area contributed by atoms with Gasteiger partial charge in [0.1, 0.15) is 0 Å². The molecule has 0 atom stereocenters. The molecule has 1 rings (SSSR count). The maximum Gasteiger partial charge on any atom is 0.417 e. The minimum atomic E-state index is -4.46. The van der Waals surface area contributed by atoms with Crippen molar-refractivity contribution in [2.24, 2.45) is 0 Å². The molecule has 0 saturated carbocycles. The van der Waals surface area contributed by atoms with Crippen molar-refractivity contribution >= 4 is 17.7 Å². The predicted molar refractivity (Wildman–Crippen MR) is 73.4 cm³/mol. The second-order valence-corrected chi connectivity index (χ2v) is 5.47. The minimum Gasteiger partial charge on any atom is -0.478 e. The number of halogens is 3. The van der Waals surface area contributed by atoms with Gasteiger partial charge in [-0.05, 0) is 36.3 Å². The summed E-state index contributed by atoms with van der Waals surface area (Å²) < 4.78 is 39.2. The van der Waals surface area contributed by atoms with Gasteiger partial charge in [-0.15, -0.1) is 11.8 Å². The number of benzene rings is 1. The molecular formula is C14H17F3O2S. The molecule has 0 aliphatic carbocycles. The molecule has 0 spiro atoms. The third-order valence-corrected chi connectivity index (χ3v) is 4.11. The molecule has 1 N–H and O–H groups in total. The quantitative estimate of drug-likeness (QED) is 0.763. The number of rotatable bonds is 6. The summed E-state index contributed by atoms with van der Waals surface area (Å²) >= 11 is 1.09. The van der Waals surface area contributed by atoms with Crippen molar-refractivity contribution in [3.63, 3.8) is 0 Å². The average Bonchev–Trinajstić information content (AvgIpc) is 2.35. The van der Waals surface area contributed by atoms with Gasteiger partial charge in [-0.3, -0.25) is 0 Å². The van der Waals surface area contributed by atoms with Crippen LogP contribution in [0.3, 0.4) is 0 Å². The first-order valence-electron chi connectivity index (χ1n) is 6.42. The molecule has 0 radical (unpaired) electrons. The topological polar surface area (TPSA) is 37.3 Å². The van der Waals surface area contributed by atoms with Crippen LogP contribution in [0.5, 0.6) is 0 Å².